The molecule has 0 aliphatic carbocycles. The summed E-state index contributed by atoms with van der Waals surface area (Å²) >= 11 is 0. The van der Waals surface area contributed by atoms with Crippen LogP contribution in [0.1, 0.15) is 41.9 Å². The molecule has 1 heterocycles. The van der Waals surface area contributed by atoms with Crippen molar-refractivity contribution < 1.29 is 14.3 Å². The molecule has 0 bridgehead atoms. The molecule has 5 heteroatoms. The first-order valence-corrected chi connectivity index (χ1v) is 6.42. The SMILES string of the molecule is COC(=O)CCCCCNC(=O)c1cccc(C)n1. The summed E-state index contributed by atoms with van der Waals surface area (Å²) in [5, 5.41) is 2.81. The van der Waals surface area contributed by atoms with E-state index in [0.29, 0.717) is 18.7 Å². The van der Waals surface area contributed by atoms with Crippen LogP contribution in [0.3, 0.4) is 0 Å². The molecule has 0 aliphatic heterocycles. The number of hydrogen-bond donors (Lipinski definition) is 1. The van der Waals surface area contributed by atoms with E-state index < -0.39 is 0 Å². The normalized spacial score (nSPS) is 10.0. The first-order chi connectivity index (χ1) is 9.13. The van der Waals surface area contributed by atoms with Gasteiger partial charge in [-0.05, 0) is 31.9 Å². The average molecular weight is 264 g/mol. The van der Waals surface area contributed by atoms with Crippen LogP contribution < -0.4 is 5.32 Å². The molecule has 0 fully saturated rings. The molecular formula is C14H20N2O3. The molecule has 0 aliphatic rings. The third-order valence-electron chi connectivity index (χ3n) is 2.69. The smallest absolute Gasteiger partial charge is 0.305 e. The van der Waals surface area contributed by atoms with Gasteiger partial charge in [-0.2, -0.15) is 0 Å². The van der Waals surface area contributed by atoms with Gasteiger partial charge in [-0.3, -0.25) is 9.59 Å². The third kappa shape index (κ3) is 5.99. The number of hydrogen-bond acceptors (Lipinski definition) is 4. The molecule has 1 aromatic heterocycles. The Morgan fingerprint density at radius 2 is 2.05 bits per heavy atom. The van der Waals surface area contributed by atoms with Crippen LogP contribution in [0.15, 0.2) is 18.2 Å². The Bertz CT molecular complexity index is 432. The molecule has 0 unspecified atom stereocenters. The van der Waals surface area contributed by atoms with E-state index in [9.17, 15) is 9.59 Å². The lowest BCUT2D eigenvalue weighted by atomic mass is 10.2. The van der Waals surface area contributed by atoms with Crippen molar-refractivity contribution >= 4 is 11.9 Å². The van der Waals surface area contributed by atoms with Gasteiger partial charge in [0.15, 0.2) is 0 Å². The van der Waals surface area contributed by atoms with Crippen molar-refractivity contribution in [1.29, 1.82) is 0 Å². The van der Waals surface area contributed by atoms with Crippen molar-refractivity contribution in [2.45, 2.75) is 32.6 Å². The number of nitrogens with one attached hydrogen (secondary N) is 1. The number of pyridine rings is 1. The predicted molar refractivity (Wildman–Crippen MR) is 71.8 cm³/mol. The zero-order valence-electron chi connectivity index (χ0n) is 11.4. The van der Waals surface area contributed by atoms with Crippen LogP contribution >= 0.6 is 0 Å². The summed E-state index contributed by atoms with van der Waals surface area (Å²) in [6.07, 6.45) is 2.94. The Labute approximate surface area is 113 Å². The van der Waals surface area contributed by atoms with E-state index in [4.69, 9.17) is 0 Å². The standard InChI is InChI=1S/C14H20N2O3/c1-11-7-6-8-12(16-11)14(18)15-10-5-3-4-9-13(17)19-2/h6-8H,3-5,9-10H2,1-2H3,(H,15,18). The fraction of sp³-hybridized carbons (Fsp3) is 0.500. The molecule has 19 heavy (non-hydrogen) atoms. The molecule has 0 radical (unpaired) electrons. The fourth-order valence-corrected chi connectivity index (χ4v) is 1.64. The molecule has 5 nitrogen and oxygen atoms in total. The van der Waals surface area contributed by atoms with E-state index in [1.807, 2.05) is 19.1 Å². The predicted octanol–water partition coefficient (Wildman–Crippen LogP) is 1.85. The van der Waals surface area contributed by atoms with Crippen LogP contribution in [0, 0.1) is 6.92 Å². The van der Waals surface area contributed by atoms with E-state index >= 15 is 0 Å². The molecule has 0 spiro atoms. The molecule has 0 aromatic carbocycles. The van der Waals surface area contributed by atoms with Gasteiger partial charge in [0.25, 0.3) is 5.91 Å². The molecular weight excluding hydrogens is 244 g/mol. The maximum absolute atomic E-state index is 11.7. The van der Waals surface area contributed by atoms with E-state index in [0.717, 1.165) is 25.0 Å². The second-order valence-corrected chi connectivity index (χ2v) is 4.31. The Morgan fingerprint density at radius 3 is 2.74 bits per heavy atom. The summed E-state index contributed by atoms with van der Waals surface area (Å²) in [6.45, 7) is 2.44. The maximum atomic E-state index is 11.7. The Balaban J connectivity index is 2.16. The van der Waals surface area contributed by atoms with Gasteiger partial charge in [0.2, 0.25) is 0 Å². The van der Waals surface area contributed by atoms with Crippen molar-refractivity contribution in [3.8, 4) is 0 Å². The molecule has 0 saturated heterocycles. The summed E-state index contributed by atoms with van der Waals surface area (Å²) in [5.74, 6) is -0.343. The highest BCUT2D eigenvalue weighted by molar-refractivity contribution is 5.92. The molecule has 104 valence electrons. The van der Waals surface area contributed by atoms with Gasteiger partial charge in [0, 0.05) is 18.7 Å². The van der Waals surface area contributed by atoms with Gasteiger partial charge in [-0.25, -0.2) is 4.98 Å². The van der Waals surface area contributed by atoms with E-state index in [-0.39, 0.29) is 11.9 Å². The first-order valence-electron chi connectivity index (χ1n) is 6.42. The van der Waals surface area contributed by atoms with E-state index in [2.05, 4.69) is 15.0 Å². The number of aryl methyl sites for hydroxylation is 1. The number of carbonyl (C=O) groups is 2. The van der Waals surface area contributed by atoms with Gasteiger partial charge >= 0.3 is 5.97 Å². The van der Waals surface area contributed by atoms with E-state index in [1.54, 1.807) is 6.07 Å². The van der Waals surface area contributed by atoms with Crippen LogP contribution in [0.25, 0.3) is 0 Å². The molecule has 1 aromatic rings. The number of methoxy groups -OCH3 is 1. The first kappa shape index (κ1) is 15.1. The number of ether oxygens (including phenoxy) is 1. The number of amides is 1. The minimum absolute atomic E-state index is 0.156. The van der Waals surface area contributed by atoms with Crippen LogP contribution in [0.5, 0.6) is 0 Å². The van der Waals surface area contributed by atoms with Crippen molar-refractivity contribution in [2.75, 3.05) is 13.7 Å². The highest BCUT2D eigenvalue weighted by Crippen LogP contribution is 2.01. The molecule has 1 amide bonds. The highest BCUT2D eigenvalue weighted by Gasteiger charge is 2.06. The van der Waals surface area contributed by atoms with Crippen molar-refractivity contribution in [2.24, 2.45) is 0 Å². The quantitative estimate of drug-likeness (QED) is 0.603. The summed E-state index contributed by atoms with van der Waals surface area (Å²) in [5.41, 5.74) is 1.26. The summed E-state index contributed by atoms with van der Waals surface area (Å²) < 4.78 is 4.55. The van der Waals surface area contributed by atoms with E-state index in [1.165, 1.54) is 7.11 Å². The average Bonchev–Trinajstić information content (AvgIpc) is 2.42. The number of carbonyl (C=O) groups excluding carboxylic acids is 2. The Morgan fingerprint density at radius 1 is 1.26 bits per heavy atom. The number of aromatic nitrogens is 1. The number of nitrogens with zero attached hydrogens (tertiary/aromatic N) is 1. The van der Waals surface area contributed by atoms with Crippen LogP contribution in [0.4, 0.5) is 0 Å². The van der Waals surface area contributed by atoms with Crippen molar-refractivity contribution in [1.82, 2.24) is 10.3 Å². The lowest BCUT2D eigenvalue weighted by molar-refractivity contribution is -0.140. The van der Waals surface area contributed by atoms with Crippen molar-refractivity contribution in [3.05, 3.63) is 29.6 Å². The van der Waals surface area contributed by atoms with Crippen LogP contribution in [-0.4, -0.2) is 30.5 Å². The molecule has 1 N–H and O–H groups in total. The lowest BCUT2D eigenvalue weighted by Crippen LogP contribution is -2.25. The molecule has 1 rings (SSSR count). The fourth-order valence-electron chi connectivity index (χ4n) is 1.64. The Hall–Kier alpha value is -1.91. The monoisotopic (exact) mass is 264 g/mol. The zero-order chi connectivity index (χ0) is 14.1. The summed E-state index contributed by atoms with van der Waals surface area (Å²) in [6, 6.07) is 5.36. The topological polar surface area (TPSA) is 68.3 Å². The maximum Gasteiger partial charge on any atom is 0.305 e. The third-order valence-corrected chi connectivity index (χ3v) is 2.69. The summed E-state index contributed by atoms with van der Waals surface area (Å²) in [7, 11) is 1.39. The number of unbranched alkanes of at least 4 members (excludes halogenated alkanes) is 2. The van der Waals surface area contributed by atoms with Crippen molar-refractivity contribution in [3.63, 3.8) is 0 Å². The van der Waals surface area contributed by atoms with Gasteiger partial charge in [0.05, 0.1) is 7.11 Å². The van der Waals surface area contributed by atoms with Gasteiger partial charge < -0.3 is 10.1 Å². The second kappa shape index (κ2) is 8.24. The number of esters is 1. The lowest BCUT2D eigenvalue weighted by Gasteiger charge is -2.05. The summed E-state index contributed by atoms with van der Waals surface area (Å²) in [4.78, 5) is 26.8. The minimum Gasteiger partial charge on any atom is -0.469 e. The van der Waals surface area contributed by atoms with Gasteiger partial charge in [-0.15, -0.1) is 0 Å². The molecule has 0 atom stereocenters. The largest absolute Gasteiger partial charge is 0.469 e. The Kier molecular flexibility index (Phi) is 6.57. The minimum atomic E-state index is -0.187. The number of rotatable bonds is 7. The van der Waals surface area contributed by atoms with Gasteiger partial charge in [0.1, 0.15) is 5.69 Å². The second-order valence-electron chi connectivity index (χ2n) is 4.31. The van der Waals surface area contributed by atoms with Crippen LogP contribution in [0.2, 0.25) is 0 Å². The molecule has 0 saturated carbocycles. The highest BCUT2D eigenvalue weighted by atomic mass is 16.5. The van der Waals surface area contributed by atoms with Gasteiger partial charge in [-0.1, -0.05) is 12.5 Å². The van der Waals surface area contributed by atoms with Crippen LogP contribution in [-0.2, 0) is 9.53 Å². The zero-order valence-corrected chi connectivity index (χ0v) is 11.4.